The predicted octanol–water partition coefficient (Wildman–Crippen LogP) is 2.61. The molecule has 3 rings (SSSR count). The second kappa shape index (κ2) is 7.73. The van der Waals surface area contributed by atoms with Crippen LogP contribution in [0, 0.1) is 12.8 Å². The molecule has 0 aromatic heterocycles. The van der Waals surface area contributed by atoms with E-state index in [0.29, 0.717) is 12.0 Å². The molecular weight excluding hydrogens is 360 g/mol. The standard InChI is InChI=1S/C21H26N2O5/c1-13-7-9-16(10-8-13)18(25)15(3)28-17(24)12-23-19(26)21(22-20(23)27)11-5-4-6-14(21)2/h7-10,14-15H,4-6,11-12H2,1-3H3,(H,22,27)/t14-,15+,21-/m0/s1. The second-order valence-electron chi connectivity index (χ2n) is 7.80. The monoisotopic (exact) mass is 386 g/mol. The van der Waals surface area contributed by atoms with Crippen LogP contribution in [0.15, 0.2) is 24.3 Å². The van der Waals surface area contributed by atoms with Crippen molar-refractivity contribution >= 4 is 23.7 Å². The summed E-state index contributed by atoms with van der Waals surface area (Å²) in [6, 6.07) is 6.38. The highest BCUT2D eigenvalue weighted by Gasteiger charge is 2.55. The number of aryl methyl sites for hydroxylation is 1. The molecule has 1 aromatic carbocycles. The minimum atomic E-state index is -1.00. The van der Waals surface area contributed by atoms with Crippen LogP contribution < -0.4 is 5.32 Å². The summed E-state index contributed by atoms with van der Waals surface area (Å²) in [5, 5.41) is 2.79. The normalized spacial score (nSPS) is 25.5. The van der Waals surface area contributed by atoms with Crippen LogP contribution in [0.2, 0.25) is 0 Å². The molecule has 2 fully saturated rings. The number of carbonyl (C=O) groups is 4. The van der Waals surface area contributed by atoms with E-state index in [9.17, 15) is 19.2 Å². The summed E-state index contributed by atoms with van der Waals surface area (Å²) in [5.74, 6) is -1.47. The number of esters is 1. The number of hydrogen-bond acceptors (Lipinski definition) is 5. The Balaban J connectivity index is 1.62. The molecule has 1 saturated heterocycles. The number of benzene rings is 1. The van der Waals surface area contributed by atoms with Crippen molar-refractivity contribution in [2.45, 2.75) is 58.1 Å². The first-order valence-corrected chi connectivity index (χ1v) is 9.69. The lowest BCUT2D eigenvalue weighted by molar-refractivity contribution is -0.150. The fourth-order valence-electron chi connectivity index (χ4n) is 4.01. The Morgan fingerprint density at radius 1 is 1.25 bits per heavy atom. The Kier molecular flexibility index (Phi) is 5.54. The van der Waals surface area contributed by atoms with Gasteiger partial charge in [-0.2, -0.15) is 0 Å². The van der Waals surface area contributed by atoms with Gasteiger partial charge < -0.3 is 10.1 Å². The first kappa shape index (κ1) is 20.0. The summed E-state index contributed by atoms with van der Waals surface area (Å²) in [6.07, 6.45) is 2.31. The van der Waals surface area contributed by atoms with Gasteiger partial charge in [0.05, 0.1) is 0 Å². The Bertz CT molecular complexity index is 804. The van der Waals surface area contributed by atoms with E-state index >= 15 is 0 Å². The van der Waals surface area contributed by atoms with Crippen LogP contribution in [-0.4, -0.2) is 46.8 Å². The number of imide groups is 1. The third kappa shape index (κ3) is 3.66. The molecule has 1 spiro atoms. The molecule has 1 saturated carbocycles. The Morgan fingerprint density at radius 3 is 2.57 bits per heavy atom. The molecule has 3 atom stereocenters. The van der Waals surface area contributed by atoms with Gasteiger partial charge in [0.15, 0.2) is 6.10 Å². The largest absolute Gasteiger partial charge is 0.453 e. The number of hydrogen-bond donors (Lipinski definition) is 1. The average molecular weight is 386 g/mol. The first-order valence-electron chi connectivity index (χ1n) is 9.69. The van der Waals surface area contributed by atoms with Crippen LogP contribution >= 0.6 is 0 Å². The van der Waals surface area contributed by atoms with Crippen molar-refractivity contribution in [2.75, 3.05) is 6.54 Å². The van der Waals surface area contributed by atoms with Crippen molar-refractivity contribution in [2.24, 2.45) is 5.92 Å². The van der Waals surface area contributed by atoms with E-state index in [2.05, 4.69) is 5.32 Å². The van der Waals surface area contributed by atoms with Crippen molar-refractivity contribution in [3.63, 3.8) is 0 Å². The molecule has 28 heavy (non-hydrogen) atoms. The molecule has 1 aliphatic heterocycles. The van der Waals surface area contributed by atoms with E-state index < -0.39 is 30.2 Å². The molecule has 7 nitrogen and oxygen atoms in total. The van der Waals surface area contributed by atoms with Gasteiger partial charge in [0, 0.05) is 5.56 Å². The zero-order chi connectivity index (χ0) is 20.5. The molecule has 1 heterocycles. The van der Waals surface area contributed by atoms with Gasteiger partial charge in [-0.1, -0.05) is 49.6 Å². The maximum absolute atomic E-state index is 12.9. The van der Waals surface area contributed by atoms with Gasteiger partial charge >= 0.3 is 12.0 Å². The molecule has 0 radical (unpaired) electrons. The zero-order valence-corrected chi connectivity index (χ0v) is 16.5. The minimum Gasteiger partial charge on any atom is -0.453 e. The predicted molar refractivity (Wildman–Crippen MR) is 102 cm³/mol. The van der Waals surface area contributed by atoms with Gasteiger partial charge in [-0.05, 0) is 32.6 Å². The number of carbonyl (C=O) groups excluding carboxylic acids is 4. The number of nitrogens with zero attached hydrogens (tertiary/aromatic N) is 1. The summed E-state index contributed by atoms with van der Waals surface area (Å²) >= 11 is 0. The lowest BCUT2D eigenvalue weighted by atomic mass is 9.73. The van der Waals surface area contributed by atoms with Crippen LogP contribution in [0.1, 0.15) is 55.5 Å². The lowest BCUT2D eigenvalue weighted by Crippen LogP contribution is -2.54. The SMILES string of the molecule is Cc1ccc(C(=O)[C@@H](C)OC(=O)CN2C(=O)N[C@]3(CCCC[C@@H]3C)C2=O)cc1. The fourth-order valence-corrected chi connectivity index (χ4v) is 4.01. The van der Waals surface area contributed by atoms with E-state index in [1.807, 2.05) is 13.8 Å². The summed E-state index contributed by atoms with van der Waals surface area (Å²) in [7, 11) is 0. The zero-order valence-electron chi connectivity index (χ0n) is 16.5. The van der Waals surface area contributed by atoms with E-state index in [4.69, 9.17) is 4.74 Å². The van der Waals surface area contributed by atoms with Crippen molar-refractivity contribution in [3.05, 3.63) is 35.4 Å². The lowest BCUT2D eigenvalue weighted by Gasteiger charge is -2.36. The fraction of sp³-hybridized carbons (Fsp3) is 0.524. The number of amides is 3. The number of urea groups is 1. The summed E-state index contributed by atoms with van der Waals surface area (Å²) < 4.78 is 5.20. The Morgan fingerprint density at radius 2 is 1.93 bits per heavy atom. The maximum atomic E-state index is 12.9. The van der Waals surface area contributed by atoms with Crippen molar-refractivity contribution in [1.29, 1.82) is 0 Å². The third-order valence-electron chi connectivity index (χ3n) is 5.80. The Hall–Kier alpha value is -2.70. The van der Waals surface area contributed by atoms with E-state index in [0.717, 1.165) is 29.7 Å². The van der Waals surface area contributed by atoms with Gasteiger partial charge in [-0.15, -0.1) is 0 Å². The molecule has 0 bridgehead atoms. The Labute approximate surface area is 164 Å². The van der Waals surface area contributed by atoms with Gasteiger partial charge in [0.2, 0.25) is 5.78 Å². The van der Waals surface area contributed by atoms with Gasteiger partial charge in [0.25, 0.3) is 5.91 Å². The molecular formula is C21H26N2O5. The van der Waals surface area contributed by atoms with Crippen molar-refractivity contribution in [1.82, 2.24) is 10.2 Å². The summed E-state index contributed by atoms with van der Waals surface area (Å²) in [5.41, 5.74) is 0.542. The number of nitrogens with one attached hydrogen (secondary N) is 1. The van der Waals surface area contributed by atoms with Crippen LogP contribution in [0.3, 0.4) is 0 Å². The molecule has 7 heteroatoms. The van der Waals surface area contributed by atoms with Gasteiger partial charge in [-0.25, -0.2) is 4.79 Å². The summed E-state index contributed by atoms with van der Waals surface area (Å²) in [6.45, 7) is 4.85. The summed E-state index contributed by atoms with van der Waals surface area (Å²) in [4.78, 5) is 50.8. The van der Waals surface area contributed by atoms with E-state index in [1.54, 1.807) is 24.3 Å². The van der Waals surface area contributed by atoms with Gasteiger partial charge in [0.1, 0.15) is 12.1 Å². The van der Waals surface area contributed by atoms with Crippen molar-refractivity contribution in [3.8, 4) is 0 Å². The number of ketones is 1. The first-order chi connectivity index (χ1) is 13.2. The number of Topliss-reactive ketones (excluding diaryl/α,β-unsaturated/α-hetero) is 1. The van der Waals surface area contributed by atoms with Crippen LogP contribution in [0.25, 0.3) is 0 Å². The van der Waals surface area contributed by atoms with Crippen molar-refractivity contribution < 1.29 is 23.9 Å². The third-order valence-corrected chi connectivity index (χ3v) is 5.80. The maximum Gasteiger partial charge on any atom is 0.326 e. The average Bonchev–Trinajstić information content (AvgIpc) is 2.89. The highest BCUT2D eigenvalue weighted by atomic mass is 16.5. The van der Waals surface area contributed by atoms with E-state index in [-0.39, 0.29) is 17.6 Å². The number of ether oxygens (including phenoxy) is 1. The smallest absolute Gasteiger partial charge is 0.326 e. The molecule has 0 unspecified atom stereocenters. The highest BCUT2D eigenvalue weighted by molar-refractivity contribution is 6.09. The molecule has 3 amide bonds. The molecule has 1 aromatic rings. The minimum absolute atomic E-state index is 0.0146. The molecule has 1 aliphatic carbocycles. The highest BCUT2D eigenvalue weighted by Crippen LogP contribution is 2.38. The quantitative estimate of drug-likeness (QED) is 0.477. The van der Waals surface area contributed by atoms with Crippen LogP contribution in [0.5, 0.6) is 0 Å². The van der Waals surface area contributed by atoms with Gasteiger partial charge in [-0.3, -0.25) is 19.3 Å². The topological polar surface area (TPSA) is 92.8 Å². The second-order valence-corrected chi connectivity index (χ2v) is 7.80. The molecule has 150 valence electrons. The number of rotatable bonds is 5. The van der Waals surface area contributed by atoms with Crippen LogP contribution in [-0.2, 0) is 14.3 Å². The van der Waals surface area contributed by atoms with Crippen LogP contribution in [0.4, 0.5) is 4.79 Å². The van der Waals surface area contributed by atoms with E-state index in [1.165, 1.54) is 6.92 Å². The molecule has 2 aliphatic rings. The molecule has 1 N–H and O–H groups in total.